The van der Waals surface area contributed by atoms with Crippen LogP contribution in [0.5, 0.6) is 0 Å². The van der Waals surface area contributed by atoms with Crippen LogP contribution in [0.2, 0.25) is 5.02 Å². The minimum Gasteiger partial charge on any atom is -0.368 e. The molecule has 1 aliphatic heterocycles. The molecule has 3 aromatic carbocycles. The zero-order valence-corrected chi connectivity index (χ0v) is 20.4. The van der Waals surface area contributed by atoms with Gasteiger partial charge in [0.25, 0.3) is 5.91 Å². The molecule has 3 aromatic rings. The van der Waals surface area contributed by atoms with E-state index in [4.69, 9.17) is 16.3 Å². The third kappa shape index (κ3) is 6.85. The van der Waals surface area contributed by atoms with Crippen molar-refractivity contribution in [3.8, 4) is 0 Å². The molecule has 1 aliphatic rings. The van der Waals surface area contributed by atoms with E-state index in [1.54, 1.807) is 12.1 Å². The predicted octanol–water partition coefficient (Wildman–Crippen LogP) is 6.35. The lowest BCUT2D eigenvalue weighted by Gasteiger charge is -2.36. The van der Waals surface area contributed by atoms with E-state index in [2.05, 4.69) is 4.90 Å². The first kappa shape index (κ1) is 27.0. The van der Waals surface area contributed by atoms with E-state index >= 15 is 0 Å². The first-order chi connectivity index (χ1) is 17.6. The molecule has 1 unspecified atom stereocenters. The average molecular weight is 539 g/mol. The van der Waals surface area contributed by atoms with E-state index in [0.717, 1.165) is 23.8 Å². The molecule has 4 nitrogen and oxygen atoms in total. The van der Waals surface area contributed by atoms with Gasteiger partial charge in [0, 0.05) is 37.7 Å². The average Bonchev–Trinajstić information content (AvgIpc) is 2.88. The second kappa shape index (κ2) is 11.6. The lowest BCUT2D eigenvalue weighted by Crippen LogP contribution is -2.49. The number of carbonyl (C=O) groups excluding carboxylic acids is 1. The summed E-state index contributed by atoms with van der Waals surface area (Å²) in [5, 5.41) is 0.557. The van der Waals surface area contributed by atoms with E-state index in [-0.39, 0.29) is 12.2 Å². The fraction of sp³-hybridized carbons (Fsp3) is 0.296. The van der Waals surface area contributed by atoms with E-state index in [0.29, 0.717) is 43.3 Å². The maximum Gasteiger partial charge on any atom is 0.416 e. The molecule has 37 heavy (non-hydrogen) atoms. The SMILES string of the molecule is O=C(c1cccc(F)c1F)N1CCN(CC(OCc2ccc(C(F)(F)F)cc2)c2ccc(Cl)cc2)CC1. The van der Waals surface area contributed by atoms with Crippen LogP contribution < -0.4 is 0 Å². The van der Waals surface area contributed by atoms with Crippen LogP contribution in [0, 0.1) is 11.6 Å². The number of rotatable bonds is 7. The number of hydrogen-bond donors (Lipinski definition) is 0. The van der Waals surface area contributed by atoms with Crippen molar-refractivity contribution in [3.63, 3.8) is 0 Å². The Morgan fingerprint density at radius 3 is 2.19 bits per heavy atom. The third-order valence-electron chi connectivity index (χ3n) is 6.24. The maximum atomic E-state index is 14.1. The van der Waals surface area contributed by atoms with Gasteiger partial charge >= 0.3 is 6.18 Å². The molecule has 0 N–H and O–H groups in total. The molecule has 0 aromatic heterocycles. The van der Waals surface area contributed by atoms with Gasteiger partial charge in [-0.25, -0.2) is 8.78 Å². The number of hydrogen-bond acceptors (Lipinski definition) is 3. The number of benzene rings is 3. The van der Waals surface area contributed by atoms with E-state index in [1.807, 2.05) is 12.1 Å². The Labute approximate surface area is 216 Å². The van der Waals surface area contributed by atoms with Crippen LogP contribution in [-0.4, -0.2) is 48.4 Å². The quantitative estimate of drug-likeness (QED) is 0.329. The first-order valence-corrected chi connectivity index (χ1v) is 12.0. The molecule has 0 radical (unpaired) electrons. The molecule has 0 saturated carbocycles. The highest BCUT2D eigenvalue weighted by molar-refractivity contribution is 6.30. The van der Waals surface area contributed by atoms with Crippen LogP contribution in [0.3, 0.4) is 0 Å². The highest BCUT2D eigenvalue weighted by atomic mass is 35.5. The number of ether oxygens (including phenoxy) is 1. The molecule has 10 heteroatoms. The standard InChI is InChI=1S/C27H24ClF5N2O2/c28-21-10-6-19(7-11-21)24(37-17-18-4-8-20(9-5-18)27(31,32)33)16-34-12-14-35(15-13-34)26(36)22-2-1-3-23(29)25(22)30/h1-11,24H,12-17H2. The summed E-state index contributed by atoms with van der Waals surface area (Å²) in [6.07, 6.45) is -4.82. The number of amides is 1. The lowest BCUT2D eigenvalue weighted by molar-refractivity contribution is -0.137. The Morgan fingerprint density at radius 1 is 0.919 bits per heavy atom. The fourth-order valence-corrected chi connectivity index (χ4v) is 4.25. The minimum atomic E-state index is -4.41. The van der Waals surface area contributed by atoms with Gasteiger partial charge in [0.15, 0.2) is 11.6 Å². The maximum absolute atomic E-state index is 14.1. The van der Waals surface area contributed by atoms with Crippen LogP contribution in [0.15, 0.2) is 66.7 Å². The summed E-state index contributed by atoms with van der Waals surface area (Å²) in [6.45, 7) is 2.16. The van der Waals surface area contributed by atoms with Crippen LogP contribution in [-0.2, 0) is 17.5 Å². The molecule has 0 bridgehead atoms. The van der Waals surface area contributed by atoms with Crippen LogP contribution in [0.4, 0.5) is 22.0 Å². The van der Waals surface area contributed by atoms with Gasteiger partial charge < -0.3 is 9.64 Å². The van der Waals surface area contributed by atoms with Gasteiger partial charge in [-0.3, -0.25) is 9.69 Å². The highest BCUT2D eigenvalue weighted by Crippen LogP contribution is 2.30. The van der Waals surface area contributed by atoms with Crippen LogP contribution in [0.1, 0.15) is 33.2 Å². The normalized spacial score (nSPS) is 15.6. The molecule has 1 amide bonds. The molecule has 0 aliphatic carbocycles. The molecular weight excluding hydrogens is 515 g/mol. The van der Waals surface area contributed by atoms with E-state index < -0.39 is 35.4 Å². The lowest BCUT2D eigenvalue weighted by atomic mass is 10.1. The summed E-state index contributed by atoms with van der Waals surface area (Å²) < 4.78 is 72.3. The Bertz CT molecular complexity index is 1210. The summed E-state index contributed by atoms with van der Waals surface area (Å²) in [5.41, 5.74) is 0.416. The molecule has 1 atom stereocenters. The van der Waals surface area contributed by atoms with Gasteiger partial charge in [0.05, 0.1) is 23.8 Å². The fourth-order valence-electron chi connectivity index (χ4n) is 4.13. The number of nitrogens with zero attached hydrogens (tertiary/aromatic N) is 2. The van der Waals surface area contributed by atoms with Crippen molar-refractivity contribution in [1.29, 1.82) is 0 Å². The summed E-state index contributed by atoms with van der Waals surface area (Å²) in [5.74, 6) is -2.79. The number of carbonyl (C=O) groups is 1. The van der Waals surface area contributed by atoms with Crippen LogP contribution >= 0.6 is 11.6 Å². The van der Waals surface area contributed by atoms with E-state index in [1.165, 1.54) is 29.2 Å². The molecule has 4 rings (SSSR count). The number of halogens is 6. The smallest absolute Gasteiger partial charge is 0.368 e. The largest absolute Gasteiger partial charge is 0.416 e. The molecule has 0 spiro atoms. The Kier molecular flexibility index (Phi) is 8.46. The van der Waals surface area contributed by atoms with Crippen molar-refractivity contribution in [2.75, 3.05) is 32.7 Å². The second-order valence-corrected chi connectivity index (χ2v) is 9.18. The third-order valence-corrected chi connectivity index (χ3v) is 6.49. The molecule has 1 fully saturated rings. The predicted molar refractivity (Wildman–Crippen MR) is 129 cm³/mol. The zero-order valence-electron chi connectivity index (χ0n) is 19.6. The summed E-state index contributed by atoms with van der Waals surface area (Å²) in [4.78, 5) is 16.3. The zero-order chi connectivity index (χ0) is 26.6. The number of piperazine rings is 1. The summed E-state index contributed by atoms with van der Waals surface area (Å²) >= 11 is 6.02. The Balaban J connectivity index is 1.40. The Morgan fingerprint density at radius 2 is 1.57 bits per heavy atom. The van der Waals surface area contributed by atoms with Gasteiger partial charge in [0.1, 0.15) is 0 Å². The molecule has 196 valence electrons. The van der Waals surface area contributed by atoms with Crippen molar-refractivity contribution in [3.05, 3.63) is 106 Å². The topological polar surface area (TPSA) is 32.8 Å². The summed E-state index contributed by atoms with van der Waals surface area (Å²) in [7, 11) is 0. The summed E-state index contributed by atoms with van der Waals surface area (Å²) in [6, 6.07) is 15.5. The number of alkyl halides is 3. The van der Waals surface area contributed by atoms with E-state index in [9.17, 15) is 26.7 Å². The van der Waals surface area contributed by atoms with Gasteiger partial charge in [-0.05, 0) is 47.5 Å². The molecular formula is C27H24ClF5N2O2. The van der Waals surface area contributed by atoms with Crippen molar-refractivity contribution >= 4 is 17.5 Å². The molecule has 1 saturated heterocycles. The van der Waals surface area contributed by atoms with Gasteiger partial charge in [0.2, 0.25) is 0 Å². The van der Waals surface area contributed by atoms with Crippen molar-refractivity contribution < 1.29 is 31.5 Å². The first-order valence-electron chi connectivity index (χ1n) is 11.6. The van der Waals surface area contributed by atoms with Crippen LogP contribution in [0.25, 0.3) is 0 Å². The van der Waals surface area contributed by atoms with Gasteiger partial charge in [-0.1, -0.05) is 41.9 Å². The molecule has 1 heterocycles. The van der Waals surface area contributed by atoms with Crippen molar-refractivity contribution in [2.24, 2.45) is 0 Å². The van der Waals surface area contributed by atoms with Crippen molar-refractivity contribution in [1.82, 2.24) is 9.80 Å². The highest BCUT2D eigenvalue weighted by Gasteiger charge is 2.30. The monoisotopic (exact) mass is 538 g/mol. The van der Waals surface area contributed by atoms with Gasteiger partial charge in [-0.15, -0.1) is 0 Å². The van der Waals surface area contributed by atoms with Crippen molar-refractivity contribution in [2.45, 2.75) is 18.9 Å². The van der Waals surface area contributed by atoms with Gasteiger partial charge in [-0.2, -0.15) is 13.2 Å². The minimum absolute atomic E-state index is 0.0999. The Hall–Kier alpha value is -3.01. The second-order valence-electron chi connectivity index (χ2n) is 8.74.